The van der Waals surface area contributed by atoms with Gasteiger partial charge in [-0.3, -0.25) is 0 Å². The summed E-state index contributed by atoms with van der Waals surface area (Å²) in [5.41, 5.74) is 3.78. The van der Waals surface area contributed by atoms with Gasteiger partial charge in [-0.15, -0.1) is 0 Å². The summed E-state index contributed by atoms with van der Waals surface area (Å²) >= 11 is 0. The Bertz CT molecular complexity index is 370. The van der Waals surface area contributed by atoms with Crippen LogP contribution in [0.4, 0.5) is 5.82 Å². The molecule has 0 atom stereocenters. The Labute approximate surface area is 109 Å². The van der Waals surface area contributed by atoms with Gasteiger partial charge in [0.15, 0.2) is 0 Å². The Hall–Kier alpha value is -1.16. The predicted molar refractivity (Wildman–Crippen MR) is 74.3 cm³/mol. The van der Waals surface area contributed by atoms with E-state index in [1.165, 1.54) is 38.5 Å². The number of hydrogen-bond acceptors (Lipinski definition) is 4. The van der Waals surface area contributed by atoms with Crippen LogP contribution in [0.25, 0.3) is 0 Å². The van der Waals surface area contributed by atoms with Gasteiger partial charge in [0, 0.05) is 17.7 Å². The molecule has 18 heavy (non-hydrogen) atoms. The van der Waals surface area contributed by atoms with Crippen LogP contribution in [0.15, 0.2) is 6.07 Å². The number of anilines is 1. The van der Waals surface area contributed by atoms with Gasteiger partial charge in [0.05, 0.1) is 0 Å². The average molecular weight is 248 g/mol. The molecule has 4 heteroatoms. The molecule has 0 amide bonds. The smallest absolute Gasteiger partial charge is 0.143 e. The quantitative estimate of drug-likeness (QED) is 0.488. The largest absolute Gasteiger partial charge is 0.308 e. The number of aromatic nitrogens is 2. The molecule has 3 N–H and O–H groups in total. The summed E-state index contributed by atoms with van der Waals surface area (Å²) in [5.74, 6) is 7.78. The first-order valence-corrected chi connectivity index (χ1v) is 7.18. The van der Waals surface area contributed by atoms with E-state index in [9.17, 15) is 0 Å². The molecule has 0 bridgehead atoms. The molecule has 1 fully saturated rings. The zero-order chi connectivity index (χ0) is 12.8. The molecule has 100 valence electrons. The third-order valence-electron chi connectivity index (χ3n) is 3.67. The van der Waals surface area contributed by atoms with E-state index in [0.717, 1.165) is 30.2 Å². The van der Waals surface area contributed by atoms with Crippen LogP contribution in [0.5, 0.6) is 0 Å². The molecule has 1 heterocycles. The zero-order valence-corrected chi connectivity index (χ0v) is 11.3. The maximum atomic E-state index is 5.50. The Morgan fingerprint density at radius 3 is 2.56 bits per heavy atom. The molecule has 1 aliphatic rings. The highest BCUT2D eigenvalue weighted by Crippen LogP contribution is 2.30. The molecule has 0 unspecified atom stereocenters. The van der Waals surface area contributed by atoms with E-state index in [2.05, 4.69) is 17.3 Å². The van der Waals surface area contributed by atoms with Crippen molar-refractivity contribution < 1.29 is 0 Å². The van der Waals surface area contributed by atoms with Gasteiger partial charge in [0.25, 0.3) is 0 Å². The minimum absolute atomic E-state index is 0.524. The molecule has 4 nitrogen and oxygen atoms in total. The second-order valence-corrected chi connectivity index (χ2v) is 5.19. The fraction of sp³-hybridized carbons (Fsp3) is 0.714. The van der Waals surface area contributed by atoms with E-state index in [1.54, 1.807) is 0 Å². The van der Waals surface area contributed by atoms with Gasteiger partial charge in [-0.2, -0.15) is 0 Å². The van der Waals surface area contributed by atoms with E-state index < -0.39 is 0 Å². The first kappa shape index (κ1) is 13.3. The van der Waals surface area contributed by atoms with Crippen molar-refractivity contribution in [2.45, 2.75) is 64.2 Å². The number of hydrazine groups is 1. The van der Waals surface area contributed by atoms with Crippen molar-refractivity contribution in [3.05, 3.63) is 17.6 Å². The van der Waals surface area contributed by atoms with Crippen LogP contribution < -0.4 is 11.3 Å². The number of hydrogen-bond donors (Lipinski definition) is 2. The molecule has 1 saturated carbocycles. The second kappa shape index (κ2) is 6.69. The summed E-state index contributed by atoms with van der Waals surface area (Å²) in [7, 11) is 0. The van der Waals surface area contributed by atoms with Crippen LogP contribution in [0.1, 0.15) is 69.3 Å². The number of nitrogen functional groups attached to an aromatic ring is 1. The molecule has 0 spiro atoms. The van der Waals surface area contributed by atoms with Crippen molar-refractivity contribution in [3.8, 4) is 0 Å². The maximum Gasteiger partial charge on any atom is 0.143 e. The minimum Gasteiger partial charge on any atom is -0.308 e. The molecule has 0 aliphatic heterocycles. The predicted octanol–water partition coefficient (Wildman–Crippen LogP) is 3.15. The van der Waals surface area contributed by atoms with Gasteiger partial charge in [0.1, 0.15) is 11.6 Å². The van der Waals surface area contributed by atoms with Gasteiger partial charge in [-0.1, -0.05) is 39.0 Å². The lowest BCUT2D eigenvalue weighted by atomic mass is 9.99. The first-order valence-electron chi connectivity index (χ1n) is 7.18. The Morgan fingerprint density at radius 2 is 1.94 bits per heavy atom. The minimum atomic E-state index is 0.524. The Morgan fingerprint density at radius 1 is 1.22 bits per heavy atom. The summed E-state index contributed by atoms with van der Waals surface area (Å²) in [6, 6.07) is 1.96. The van der Waals surface area contributed by atoms with E-state index in [1.807, 2.05) is 6.07 Å². The molecule has 0 saturated heterocycles. The highest BCUT2D eigenvalue weighted by Gasteiger charge is 2.18. The third-order valence-corrected chi connectivity index (χ3v) is 3.67. The van der Waals surface area contributed by atoms with Crippen molar-refractivity contribution in [1.82, 2.24) is 9.97 Å². The molecule has 0 radical (unpaired) electrons. The fourth-order valence-corrected chi connectivity index (χ4v) is 2.70. The summed E-state index contributed by atoms with van der Waals surface area (Å²) in [6.07, 6.45) is 9.86. The third kappa shape index (κ3) is 3.42. The summed E-state index contributed by atoms with van der Waals surface area (Å²) in [5, 5.41) is 0. The highest BCUT2D eigenvalue weighted by atomic mass is 15.3. The molecule has 2 rings (SSSR count). The van der Waals surface area contributed by atoms with E-state index in [0.29, 0.717) is 5.92 Å². The van der Waals surface area contributed by atoms with Crippen LogP contribution in [0.2, 0.25) is 0 Å². The zero-order valence-electron chi connectivity index (χ0n) is 11.3. The number of aryl methyl sites for hydroxylation is 1. The van der Waals surface area contributed by atoms with Gasteiger partial charge < -0.3 is 5.43 Å². The van der Waals surface area contributed by atoms with Gasteiger partial charge in [0.2, 0.25) is 0 Å². The SMILES string of the molecule is CCCc1cc(NN)nc(C2CCCCCC2)n1. The summed E-state index contributed by atoms with van der Waals surface area (Å²) in [4.78, 5) is 9.28. The Balaban J connectivity index is 2.21. The molecular weight excluding hydrogens is 224 g/mol. The molecule has 1 aromatic rings. The van der Waals surface area contributed by atoms with E-state index >= 15 is 0 Å². The number of rotatable bonds is 4. The van der Waals surface area contributed by atoms with Crippen LogP contribution >= 0.6 is 0 Å². The van der Waals surface area contributed by atoms with E-state index in [-0.39, 0.29) is 0 Å². The lowest BCUT2D eigenvalue weighted by Crippen LogP contribution is -2.13. The van der Waals surface area contributed by atoms with Crippen molar-refractivity contribution in [2.24, 2.45) is 5.84 Å². The lowest BCUT2D eigenvalue weighted by molar-refractivity contribution is 0.557. The Kier molecular flexibility index (Phi) is 4.93. The number of nitrogens with zero attached hydrogens (tertiary/aromatic N) is 2. The van der Waals surface area contributed by atoms with Crippen LogP contribution in [-0.4, -0.2) is 9.97 Å². The highest BCUT2D eigenvalue weighted by molar-refractivity contribution is 5.35. The van der Waals surface area contributed by atoms with Gasteiger partial charge in [-0.25, -0.2) is 15.8 Å². The molecule has 0 aromatic carbocycles. The van der Waals surface area contributed by atoms with Crippen LogP contribution in [0, 0.1) is 0 Å². The van der Waals surface area contributed by atoms with E-state index in [4.69, 9.17) is 10.8 Å². The van der Waals surface area contributed by atoms with Crippen molar-refractivity contribution in [2.75, 3.05) is 5.43 Å². The molecule has 1 aliphatic carbocycles. The van der Waals surface area contributed by atoms with Gasteiger partial charge >= 0.3 is 0 Å². The average Bonchev–Trinajstić information content (AvgIpc) is 2.67. The summed E-state index contributed by atoms with van der Waals surface area (Å²) in [6.45, 7) is 2.17. The van der Waals surface area contributed by atoms with Crippen molar-refractivity contribution >= 4 is 5.82 Å². The number of nitrogens with two attached hydrogens (primary N) is 1. The first-order chi connectivity index (χ1) is 8.83. The van der Waals surface area contributed by atoms with Crippen molar-refractivity contribution in [3.63, 3.8) is 0 Å². The number of nitrogens with one attached hydrogen (secondary N) is 1. The maximum absolute atomic E-state index is 5.50. The van der Waals surface area contributed by atoms with Gasteiger partial charge in [-0.05, 0) is 19.3 Å². The van der Waals surface area contributed by atoms with Crippen LogP contribution in [0.3, 0.4) is 0 Å². The second-order valence-electron chi connectivity index (χ2n) is 5.19. The standard InChI is InChI=1S/C14H24N4/c1-2-7-12-10-13(18-15)17-14(16-12)11-8-5-3-4-6-9-11/h10-11H,2-9,15H2,1H3,(H,16,17,18). The fourth-order valence-electron chi connectivity index (χ4n) is 2.70. The lowest BCUT2D eigenvalue weighted by Gasteiger charge is -2.14. The van der Waals surface area contributed by atoms with Crippen LogP contribution in [-0.2, 0) is 6.42 Å². The summed E-state index contributed by atoms with van der Waals surface area (Å²) < 4.78 is 0. The normalized spacial score (nSPS) is 17.4. The topological polar surface area (TPSA) is 63.8 Å². The van der Waals surface area contributed by atoms with Crippen molar-refractivity contribution in [1.29, 1.82) is 0 Å². The monoisotopic (exact) mass is 248 g/mol. The molecule has 1 aromatic heterocycles. The molecular formula is C14H24N4.